The molecular weight excluding hydrogens is 466 g/mol. The first-order chi connectivity index (χ1) is 16.5. The Kier molecular flexibility index (Phi) is 6.79. The second-order valence-corrected chi connectivity index (χ2v) is 8.80. The maximum atomic E-state index is 14.6. The summed E-state index contributed by atoms with van der Waals surface area (Å²) in [6.45, 7) is 3.34. The summed E-state index contributed by atoms with van der Waals surface area (Å²) in [4.78, 5) is 18.7. The smallest absolute Gasteiger partial charge is 0.257 e. The largest absolute Gasteiger partial charge is 0.619 e. The zero-order valence-corrected chi connectivity index (χ0v) is 19.2. The van der Waals surface area contributed by atoms with E-state index in [1.54, 1.807) is 23.3 Å². The molecule has 2 aromatic heterocycles. The molecule has 0 unspecified atom stereocenters. The molecular formula is C24H25F4N5O2. The number of amides is 1. The molecule has 7 nitrogen and oxygen atoms in total. The normalized spacial score (nSPS) is 19.8. The van der Waals surface area contributed by atoms with Gasteiger partial charge in [0.2, 0.25) is 5.91 Å². The van der Waals surface area contributed by atoms with Crippen molar-refractivity contribution in [3.05, 3.63) is 83.2 Å². The average molecular weight is 491 g/mol. The molecule has 0 spiro atoms. The van der Waals surface area contributed by atoms with Crippen molar-refractivity contribution in [2.24, 2.45) is 0 Å². The fourth-order valence-electron chi connectivity index (χ4n) is 4.28. The molecule has 3 atom stereocenters. The van der Waals surface area contributed by atoms with Crippen LogP contribution in [-0.2, 0) is 4.79 Å². The number of carbonyl (C=O) groups excluding carboxylic acids is 1. The highest BCUT2D eigenvalue weighted by molar-refractivity contribution is 5.93. The second-order valence-electron chi connectivity index (χ2n) is 8.80. The van der Waals surface area contributed by atoms with Gasteiger partial charge in [-0.3, -0.25) is 9.69 Å². The molecule has 0 radical (unpaired) electrons. The first kappa shape index (κ1) is 24.6. The molecule has 1 aliphatic rings. The van der Waals surface area contributed by atoms with Crippen LogP contribution in [0.4, 0.5) is 23.4 Å². The van der Waals surface area contributed by atoms with Crippen molar-refractivity contribution in [1.82, 2.24) is 14.5 Å². The number of anilines is 1. The van der Waals surface area contributed by atoms with Crippen LogP contribution >= 0.6 is 0 Å². The number of aromatic nitrogens is 3. The molecule has 3 heterocycles. The van der Waals surface area contributed by atoms with E-state index in [0.29, 0.717) is 15.9 Å². The number of carbonyl (C=O) groups is 1. The standard InChI is InChI=1S/C24H25F4N5O2/c1-15(18-9-19(25)11-20(26)10-18)32-13-22(29-14-32)30-23(34)16(2)31-8-5-24(27,28)21(12-31)17-3-6-33(35)7-4-17/h3-4,6-7,9-11,13-16,21H,5,8,12H2,1-2H3,(H,30,34)/t15-,16-,21+/m0/s1. The molecule has 186 valence electrons. The number of halogens is 4. The Labute approximate surface area is 199 Å². The lowest BCUT2D eigenvalue weighted by Gasteiger charge is -2.40. The van der Waals surface area contributed by atoms with E-state index in [1.807, 2.05) is 0 Å². The van der Waals surface area contributed by atoms with E-state index in [0.717, 1.165) is 6.07 Å². The van der Waals surface area contributed by atoms with E-state index >= 15 is 0 Å². The van der Waals surface area contributed by atoms with Crippen LogP contribution in [0.5, 0.6) is 0 Å². The number of benzene rings is 1. The number of alkyl halides is 2. The molecule has 0 saturated carbocycles. The lowest BCUT2D eigenvalue weighted by molar-refractivity contribution is -0.605. The van der Waals surface area contributed by atoms with Crippen LogP contribution in [-0.4, -0.2) is 45.4 Å². The third-order valence-corrected chi connectivity index (χ3v) is 6.48. The summed E-state index contributed by atoms with van der Waals surface area (Å²) in [5.74, 6) is -5.70. The molecule has 1 fully saturated rings. The fourth-order valence-corrected chi connectivity index (χ4v) is 4.28. The minimum absolute atomic E-state index is 0.0308. The molecule has 0 bridgehead atoms. The summed E-state index contributed by atoms with van der Waals surface area (Å²) >= 11 is 0. The maximum Gasteiger partial charge on any atom is 0.257 e. The van der Waals surface area contributed by atoms with Gasteiger partial charge in [0.05, 0.1) is 24.3 Å². The van der Waals surface area contributed by atoms with Crippen LogP contribution in [0.2, 0.25) is 0 Å². The van der Waals surface area contributed by atoms with Crippen LogP contribution < -0.4 is 10.0 Å². The number of imidazole rings is 1. The number of likely N-dealkylation sites (tertiary alicyclic amines) is 1. The molecule has 0 aliphatic carbocycles. The van der Waals surface area contributed by atoms with Gasteiger partial charge in [-0.1, -0.05) is 0 Å². The number of hydrogen-bond donors (Lipinski definition) is 1. The third kappa shape index (κ3) is 5.45. The molecule has 1 amide bonds. The summed E-state index contributed by atoms with van der Waals surface area (Å²) in [5.41, 5.74) is 0.732. The number of nitrogens with one attached hydrogen (secondary N) is 1. The Bertz CT molecular complexity index is 1180. The highest BCUT2D eigenvalue weighted by atomic mass is 19.3. The Morgan fingerprint density at radius 3 is 2.51 bits per heavy atom. The SMILES string of the molecule is C[C@@H](C(=O)Nc1cn([C@@H](C)c2cc(F)cc(F)c2)cn1)N1CCC(F)(F)[C@@H](c2cc[n+]([O-])cc2)C1. The van der Waals surface area contributed by atoms with Gasteiger partial charge in [0.1, 0.15) is 11.6 Å². The van der Waals surface area contributed by atoms with Crippen molar-refractivity contribution in [3.8, 4) is 0 Å². The predicted octanol–water partition coefficient (Wildman–Crippen LogP) is 3.86. The molecule has 1 saturated heterocycles. The van der Waals surface area contributed by atoms with E-state index < -0.39 is 47.9 Å². The third-order valence-electron chi connectivity index (χ3n) is 6.48. The maximum absolute atomic E-state index is 14.6. The van der Waals surface area contributed by atoms with E-state index in [9.17, 15) is 27.6 Å². The van der Waals surface area contributed by atoms with Crippen LogP contribution in [0.3, 0.4) is 0 Å². The first-order valence-corrected chi connectivity index (χ1v) is 11.1. The van der Waals surface area contributed by atoms with Gasteiger partial charge in [0, 0.05) is 43.9 Å². The summed E-state index contributed by atoms with van der Waals surface area (Å²) in [6, 6.07) is 4.81. The molecule has 1 aromatic carbocycles. The average Bonchev–Trinajstić information content (AvgIpc) is 3.26. The van der Waals surface area contributed by atoms with Gasteiger partial charge in [-0.25, -0.2) is 22.5 Å². The first-order valence-electron chi connectivity index (χ1n) is 11.1. The zero-order valence-electron chi connectivity index (χ0n) is 19.2. The van der Waals surface area contributed by atoms with Crippen LogP contribution in [0.1, 0.15) is 43.4 Å². The van der Waals surface area contributed by atoms with Gasteiger partial charge in [-0.15, -0.1) is 0 Å². The Hall–Kier alpha value is -3.47. The van der Waals surface area contributed by atoms with Gasteiger partial charge in [0.15, 0.2) is 18.2 Å². The van der Waals surface area contributed by atoms with Crippen molar-refractivity contribution in [1.29, 1.82) is 0 Å². The molecule has 4 rings (SSSR count). The Balaban J connectivity index is 1.43. The summed E-state index contributed by atoms with van der Waals surface area (Å²) in [5, 5.41) is 14.0. The quantitative estimate of drug-likeness (QED) is 0.323. The Morgan fingerprint density at radius 2 is 1.86 bits per heavy atom. The lowest BCUT2D eigenvalue weighted by atomic mass is 9.87. The minimum Gasteiger partial charge on any atom is -0.619 e. The van der Waals surface area contributed by atoms with E-state index in [1.165, 1.54) is 49.2 Å². The van der Waals surface area contributed by atoms with Crippen molar-refractivity contribution >= 4 is 11.7 Å². The molecule has 1 N–H and O–H groups in total. The van der Waals surface area contributed by atoms with Crippen molar-refractivity contribution < 1.29 is 27.1 Å². The van der Waals surface area contributed by atoms with Crippen molar-refractivity contribution in [3.63, 3.8) is 0 Å². The highest BCUT2D eigenvalue weighted by Gasteiger charge is 2.46. The monoisotopic (exact) mass is 491 g/mol. The lowest BCUT2D eigenvalue weighted by Crippen LogP contribution is -2.52. The zero-order chi connectivity index (χ0) is 25.3. The van der Waals surface area contributed by atoms with Gasteiger partial charge < -0.3 is 15.1 Å². The van der Waals surface area contributed by atoms with Crippen LogP contribution in [0, 0.1) is 16.8 Å². The number of nitrogens with zero attached hydrogens (tertiary/aromatic N) is 4. The summed E-state index contributed by atoms with van der Waals surface area (Å²) in [7, 11) is 0. The van der Waals surface area contributed by atoms with E-state index in [2.05, 4.69) is 10.3 Å². The number of piperidine rings is 1. The minimum atomic E-state index is -2.97. The molecule has 11 heteroatoms. The van der Waals surface area contributed by atoms with Crippen molar-refractivity contribution in [2.45, 2.75) is 44.2 Å². The van der Waals surface area contributed by atoms with Gasteiger partial charge in [-0.2, -0.15) is 4.73 Å². The molecule has 1 aliphatic heterocycles. The summed E-state index contributed by atoms with van der Waals surface area (Å²) < 4.78 is 58.5. The van der Waals surface area contributed by atoms with Gasteiger partial charge >= 0.3 is 0 Å². The van der Waals surface area contributed by atoms with Crippen LogP contribution in [0.25, 0.3) is 0 Å². The number of pyridine rings is 1. The predicted molar refractivity (Wildman–Crippen MR) is 120 cm³/mol. The second kappa shape index (κ2) is 9.65. The van der Waals surface area contributed by atoms with E-state index in [4.69, 9.17) is 0 Å². The topological polar surface area (TPSA) is 77.1 Å². The highest BCUT2D eigenvalue weighted by Crippen LogP contribution is 2.40. The number of hydrogen-bond acceptors (Lipinski definition) is 4. The molecule has 3 aromatic rings. The van der Waals surface area contributed by atoms with Crippen molar-refractivity contribution in [2.75, 3.05) is 18.4 Å². The van der Waals surface area contributed by atoms with Gasteiger partial charge in [-0.05, 0) is 37.1 Å². The van der Waals surface area contributed by atoms with Crippen LogP contribution in [0.15, 0.2) is 55.2 Å². The number of rotatable bonds is 6. The summed E-state index contributed by atoms with van der Waals surface area (Å²) in [6.07, 6.45) is 4.90. The van der Waals surface area contributed by atoms with Gasteiger partial charge in [0.25, 0.3) is 5.92 Å². The fraction of sp³-hybridized carbons (Fsp3) is 0.375. The van der Waals surface area contributed by atoms with E-state index in [-0.39, 0.29) is 18.9 Å². The Morgan fingerprint density at radius 1 is 1.20 bits per heavy atom. The molecule has 35 heavy (non-hydrogen) atoms.